The summed E-state index contributed by atoms with van der Waals surface area (Å²) in [5.74, 6) is -3.19. The Morgan fingerprint density at radius 1 is 1.09 bits per heavy atom. The molecule has 2 aliphatic rings. The lowest BCUT2D eigenvalue weighted by Gasteiger charge is -2.37. The maximum Gasteiger partial charge on any atom is 0.226 e. The number of halogens is 2. The van der Waals surface area contributed by atoms with Crippen LogP contribution in [0.25, 0.3) is 0 Å². The van der Waals surface area contributed by atoms with Crippen LogP contribution in [0.1, 0.15) is 54.0 Å². The molecule has 34 heavy (non-hydrogen) atoms. The molecular weight excluding hydrogens is 462 g/mol. The fraction of sp³-hybridized carbons (Fsp3) is 0.480. The van der Waals surface area contributed by atoms with Gasteiger partial charge in [0.15, 0.2) is 0 Å². The molecule has 1 amide bonds. The predicted molar refractivity (Wildman–Crippen MR) is 124 cm³/mol. The van der Waals surface area contributed by atoms with Gasteiger partial charge < -0.3 is 10.0 Å². The van der Waals surface area contributed by atoms with Gasteiger partial charge in [0.25, 0.3) is 0 Å². The first-order chi connectivity index (χ1) is 16.1. The summed E-state index contributed by atoms with van der Waals surface area (Å²) in [5, 5.41) is 9.15. The SMILES string of the molecule is CC1CCC(c2ccccc2)S(=O)(=O)N1Cc1cc(F)c(C(CO)C2CCN(C)C2=O)cc1F. The third-order valence-electron chi connectivity index (χ3n) is 7.24. The van der Waals surface area contributed by atoms with Crippen LogP contribution in [0, 0.1) is 17.6 Å². The molecular formula is C25H30F2N2O4S. The van der Waals surface area contributed by atoms with Gasteiger partial charge in [-0.2, -0.15) is 4.31 Å². The maximum absolute atomic E-state index is 15.2. The summed E-state index contributed by atoms with van der Waals surface area (Å²) in [5.41, 5.74) is 0.546. The lowest BCUT2D eigenvalue weighted by molar-refractivity contribution is -0.130. The second-order valence-corrected chi connectivity index (χ2v) is 11.4. The highest BCUT2D eigenvalue weighted by molar-refractivity contribution is 7.89. The number of rotatable bonds is 6. The summed E-state index contributed by atoms with van der Waals surface area (Å²) in [6, 6.07) is 10.6. The molecule has 2 aliphatic heterocycles. The molecule has 0 saturated carbocycles. The number of hydrogen-bond acceptors (Lipinski definition) is 4. The molecule has 4 rings (SSSR count). The van der Waals surface area contributed by atoms with E-state index in [0.717, 1.165) is 12.1 Å². The molecule has 2 aromatic carbocycles. The Morgan fingerprint density at radius 2 is 1.79 bits per heavy atom. The van der Waals surface area contributed by atoms with Crippen LogP contribution in [0.3, 0.4) is 0 Å². The van der Waals surface area contributed by atoms with E-state index in [-0.39, 0.29) is 29.6 Å². The minimum atomic E-state index is -3.80. The van der Waals surface area contributed by atoms with Crippen molar-refractivity contribution in [1.29, 1.82) is 0 Å². The van der Waals surface area contributed by atoms with Crippen molar-refractivity contribution >= 4 is 15.9 Å². The summed E-state index contributed by atoms with van der Waals surface area (Å²) in [4.78, 5) is 13.9. The van der Waals surface area contributed by atoms with Gasteiger partial charge in [-0.05, 0) is 49.4 Å². The number of amides is 1. The largest absolute Gasteiger partial charge is 0.396 e. The standard InChI is InChI=1S/C25H30F2N2O4S/c1-16-8-9-24(17-6-4-3-5-7-17)34(32,33)29(16)14-18-12-23(27)20(13-22(18)26)21(15-30)19-10-11-28(2)25(19)31/h3-7,12-13,16,19,21,24,30H,8-11,14-15H2,1-2H3. The Bertz CT molecular complexity index is 1160. The van der Waals surface area contributed by atoms with Gasteiger partial charge in [0.1, 0.15) is 16.9 Å². The summed E-state index contributed by atoms with van der Waals surface area (Å²) >= 11 is 0. The van der Waals surface area contributed by atoms with Crippen molar-refractivity contribution in [2.24, 2.45) is 5.92 Å². The van der Waals surface area contributed by atoms with Crippen LogP contribution in [0.2, 0.25) is 0 Å². The minimum absolute atomic E-state index is 0.0610. The van der Waals surface area contributed by atoms with E-state index in [1.165, 1.54) is 9.21 Å². The lowest BCUT2D eigenvalue weighted by atomic mass is 9.84. The van der Waals surface area contributed by atoms with Gasteiger partial charge in [-0.1, -0.05) is 30.3 Å². The minimum Gasteiger partial charge on any atom is -0.396 e. The summed E-state index contributed by atoms with van der Waals surface area (Å²) in [6.07, 6.45) is 1.51. The first-order valence-corrected chi connectivity index (χ1v) is 13.0. The molecule has 2 heterocycles. The molecule has 0 aromatic heterocycles. The molecule has 1 N–H and O–H groups in total. The van der Waals surface area contributed by atoms with Crippen LogP contribution >= 0.6 is 0 Å². The van der Waals surface area contributed by atoms with Crippen molar-refractivity contribution in [3.8, 4) is 0 Å². The van der Waals surface area contributed by atoms with E-state index in [0.29, 0.717) is 31.4 Å². The Balaban J connectivity index is 1.62. The lowest BCUT2D eigenvalue weighted by Crippen LogP contribution is -2.44. The second-order valence-electron chi connectivity index (χ2n) is 9.33. The van der Waals surface area contributed by atoms with Crippen LogP contribution in [0.15, 0.2) is 42.5 Å². The average molecular weight is 493 g/mol. The number of aliphatic hydroxyl groups excluding tert-OH is 1. The van der Waals surface area contributed by atoms with Gasteiger partial charge in [-0.15, -0.1) is 0 Å². The second kappa shape index (κ2) is 9.71. The third kappa shape index (κ3) is 4.48. The molecule has 4 atom stereocenters. The van der Waals surface area contributed by atoms with E-state index in [1.807, 2.05) is 6.07 Å². The van der Waals surface area contributed by atoms with Gasteiger partial charge in [0.2, 0.25) is 15.9 Å². The van der Waals surface area contributed by atoms with Crippen molar-refractivity contribution in [2.75, 3.05) is 20.2 Å². The van der Waals surface area contributed by atoms with E-state index >= 15 is 8.78 Å². The first-order valence-electron chi connectivity index (χ1n) is 11.5. The summed E-state index contributed by atoms with van der Waals surface area (Å²) < 4.78 is 58.4. The number of carbonyl (C=O) groups is 1. The van der Waals surface area contributed by atoms with Gasteiger partial charge in [-0.3, -0.25) is 4.79 Å². The molecule has 0 aliphatic carbocycles. The number of sulfonamides is 1. The zero-order chi connectivity index (χ0) is 24.6. The van der Waals surface area contributed by atoms with E-state index < -0.39 is 45.4 Å². The number of nitrogens with zero attached hydrogens (tertiary/aromatic N) is 2. The van der Waals surface area contributed by atoms with Crippen LogP contribution in [0.4, 0.5) is 8.78 Å². The highest BCUT2D eigenvalue weighted by Gasteiger charge is 2.41. The van der Waals surface area contributed by atoms with E-state index in [4.69, 9.17) is 0 Å². The molecule has 0 bridgehead atoms. The van der Waals surface area contributed by atoms with Crippen LogP contribution in [-0.2, 0) is 21.4 Å². The van der Waals surface area contributed by atoms with Crippen molar-refractivity contribution in [3.05, 3.63) is 70.8 Å². The van der Waals surface area contributed by atoms with Crippen LogP contribution < -0.4 is 0 Å². The molecule has 2 aromatic rings. The first kappa shape index (κ1) is 24.8. The smallest absolute Gasteiger partial charge is 0.226 e. The number of likely N-dealkylation sites (tertiary alicyclic amines) is 1. The van der Waals surface area contributed by atoms with Gasteiger partial charge in [0.05, 0.1) is 6.61 Å². The van der Waals surface area contributed by atoms with Crippen molar-refractivity contribution in [3.63, 3.8) is 0 Å². The molecule has 4 unspecified atom stereocenters. The number of carbonyl (C=O) groups excluding carboxylic acids is 1. The fourth-order valence-electron chi connectivity index (χ4n) is 5.19. The third-order valence-corrected chi connectivity index (χ3v) is 9.61. The zero-order valence-corrected chi connectivity index (χ0v) is 20.1. The van der Waals surface area contributed by atoms with Crippen LogP contribution in [0.5, 0.6) is 0 Å². The van der Waals surface area contributed by atoms with Gasteiger partial charge >= 0.3 is 0 Å². The van der Waals surface area contributed by atoms with Crippen molar-refractivity contribution < 1.29 is 27.1 Å². The van der Waals surface area contributed by atoms with Crippen LogP contribution in [-0.4, -0.2) is 54.9 Å². The highest BCUT2D eigenvalue weighted by atomic mass is 32.2. The highest BCUT2D eigenvalue weighted by Crippen LogP contribution is 2.39. The number of hydrogen-bond donors (Lipinski definition) is 1. The summed E-state index contributed by atoms with van der Waals surface area (Å²) in [6.45, 7) is 1.49. The molecule has 0 spiro atoms. The van der Waals surface area contributed by atoms with Crippen molar-refractivity contribution in [1.82, 2.24) is 9.21 Å². The molecule has 0 radical (unpaired) electrons. The quantitative estimate of drug-likeness (QED) is 0.669. The fourth-order valence-corrected chi connectivity index (χ4v) is 7.38. The Labute approximate surface area is 199 Å². The van der Waals surface area contributed by atoms with Crippen molar-refractivity contribution in [2.45, 2.75) is 49.9 Å². The van der Waals surface area contributed by atoms with Gasteiger partial charge in [-0.25, -0.2) is 17.2 Å². The van der Waals surface area contributed by atoms with E-state index in [1.54, 1.807) is 38.2 Å². The number of aliphatic hydroxyl groups is 1. The monoisotopic (exact) mass is 492 g/mol. The molecule has 6 nitrogen and oxygen atoms in total. The topological polar surface area (TPSA) is 77.9 Å². The molecule has 9 heteroatoms. The zero-order valence-electron chi connectivity index (χ0n) is 19.3. The molecule has 2 fully saturated rings. The Kier molecular flexibility index (Phi) is 7.07. The average Bonchev–Trinajstić information content (AvgIpc) is 3.13. The normalized spacial score (nSPS) is 26.1. The predicted octanol–water partition coefficient (Wildman–Crippen LogP) is 3.57. The number of benzene rings is 2. The van der Waals surface area contributed by atoms with E-state index in [9.17, 15) is 18.3 Å². The Hall–Kier alpha value is -2.36. The van der Waals surface area contributed by atoms with E-state index in [2.05, 4.69) is 0 Å². The summed E-state index contributed by atoms with van der Waals surface area (Å²) in [7, 11) is -2.16. The van der Waals surface area contributed by atoms with Gasteiger partial charge in [0, 0.05) is 43.6 Å². The Morgan fingerprint density at radius 3 is 2.41 bits per heavy atom. The molecule has 2 saturated heterocycles. The maximum atomic E-state index is 15.2. The molecule has 184 valence electrons.